The average Bonchev–Trinajstić information content (AvgIpc) is 3.90. The first kappa shape index (κ1) is 35.5. The fourth-order valence-electron chi connectivity index (χ4n) is 8.90. The van der Waals surface area contributed by atoms with Crippen LogP contribution in [-0.2, 0) is 0 Å². The van der Waals surface area contributed by atoms with Crippen molar-refractivity contribution in [3.05, 3.63) is 218 Å². The second-order valence-electron chi connectivity index (χ2n) is 15.6. The lowest BCUT2D eigenvalue weighted by Gasteiger charge is -2.10. The average molecular weight is 793 g/mol. The van der Waals surface area contributed by atoms with Gasteiger partial charge >= 0.3 is 0 Å². The number of aromatic nitrogens is 4. The van der Waals surface area contributed by atoms with E-state index in [0.717, 1.165) is 72.1 Å². The highest BCUT2D eigenvalue weighted by atomic mass is 16.3. The van der Waals surface area contributed by atoms with E-state index >= 15 is 0 Å². The third-order valence-electron chi connectivity index (χ3n) is 11.8. The summed E-state index contributed by atoms with van der Waals surface area (Å²) >= 11 is 0. The number of fused-ring (bicyclic) bond motifs is 6. The quantitative estimate of drug-likeness (QED) is 0.161. The van der Waals surface area contributed by atoms with Crippen LogP contribution in [0.2, 0.25) is 0 Å². The van der Waals surface area contributed by atoms with Gasteiger partial charge in [0.1, 0.15) is 11.2 Å². The minimum Gasteiger partial charge on any atom is -0.456 e. The second-order valence-corrected chi connectivity index (χ2v) is 15.6. The largest absolute Gasteiger partial charge is 0.456 e. The van der Waals surface area contributed by atoms with E-state index in [0.29, 0.717) is 17.5 Å². The molecule has 290 valence electrons. The van der Waals surface area contributed by atoms with Crippen LogP contribution in [0.3, 0.4) is 0 Å². The van der Waals surface area contributed by atoms with Crippen LogP contribution < -0.4 is 0 Å². The number of para-hydroxylation sites is 2. The normalized spacial score (nSPS) is 11.5. The molecule has 62 heavy (non-hydrogen) atoms. The summed E-state index contributed by atoms with van der Waals surface area (Å²) in [6, 6.07) is 76.4. The maximum Gasteiger partial charge on any atom is 0.164 e. The maximum atomic E-state index is 6.64. The Hall–Kier alpha value is -8.41. The lowest BCUT2D eigenvalue weighted by atomic mass is 9.95. The Balaban J connectivity index is 0.944. The van der Waals surface area contributed by atoms with E-state index in [1.54, 1.807) is 0 Å². The van der Waals surface area contributed by atoms with Crippen molar-refractivity contribution in [1.82, 2.24) is 19.5 Å². The van der Waals surface area contributed by atoms with Gasteiger partial charge < -0.3 is 8.98 Å². The summed E-state index contributed by atoms with van der Waals surface area (Å²) in [4.78, 5) is 15.1. The van der Waals surface area contributed by atoms with Crippen LogP contribution in [0, 0.1) is 0 Å². The van der Waals surface area contributed by atoms with Crippen molar-refractivity contribution in [2.24, 2.45) is 0 Å². The molecule has 0 atom stereocenters. The molecule has 3 heterocycles. The molecule has 0 spiro atoms. The van der Waals surface area contributed by atoms with Crippen molar-refractivity contribution >= 4 is 43.7 Å². The molecule has 0 saturated carbocycles. The SMILES string of the molecule is c1ccc(-c2cccc(-c3nc(-c4ccccc4)nc(-c4ccc5c(c4)oc4cccc(-c6cccc(-c7ccc8c(c7)c7ccccc7n8-c7ccccc7)c6)c45)n3)c2)cc1. The molecule has 0 N–H and O–H groups in total. The number of hydrogen-bond acceptors (Lipinski definition) is 4. The lowest BCUT2D eigenvalue weighted by molar-refractivity contribution is 0.669. The van der Waals surface area contributed by atoms with Crippen LogP contribution >= 0.6 is 0 Å². The lowest BCUT2D eigenvalue weighted by Crippen LogP contribution is -2.00. The molecule has 0 aliphatic rings. The molecular weight excluding hydrogens is 757 g/mol. The van der Waals surface area contributed by atoms with Crippen LogP contribution in [0.4, 0.5) is 0 Å². The third kappa shape index (κ3) is 6.14. The van der Waals surface area contributed by atoms with Crippen molar-refractivity contribution in [2.75, 3.05) is 0 Å². The summed E-state index contributed by atoms with van der Waals surface area (Å²) in [6.07, 6.45) is 0. The molecule has 5 nitrogen and oxygen atoms in total. The Kier molecular flexibility index (Phi) is 8.42. The van der Waals surface area contributed by atoms with Gasteiger partial charge in [0, 0.05) is 43.9 Å². The fourth-order valence-corrected chi connectivity index (χ4v) is 8.90. The van der Waals surface area contributed by atoms with Crippen LogP contribution in [0.15, 0.2) is 223 Å². The Bertz CT molecular complexity index is 3630. The number of rotatable bonds is 7. The van der Waals surface area contributed by atoms with Gasteiger partial charge in [-0.1, -0.05) is 158 Å². The molecule has 0 amide bonds. The molecule has 0 radical (unpaired) electrons. The van der Waals surface area contributed by atoms with E-state index < -0.39 is 0 Å². The summed E-state index contributed by atoms with van der Waals surface area (Å²) in [5, 5.41) is 4.58. The van der Waals surface area contributed by atoms with Gasteiger partial charge in [-0.15, -0.1) is 0 Å². The van der Waals surface area contributed by atoms with E-state index in [2.05, 4.69) is 180 Å². The van der Waals surface area contributed by atoms with Crippen molar-refractivity contribution in [3.63, 3.8) is 0 Å². The molecule has 0 unspecified atom stereocenters. The fraction of sp³-hybridized carbons (Fsp3) is 0. The molecule has 9 aromatic carbocycles. The minimum atomic E-state index is 0.582. The van der Waals surface area contributed by atoms with Gasteiger partial charge in [-0.2, -0.15) is 0 Å². The third-order valence-corrected chi connectivity index (χ3v) is 11.8. The van der Waals surface area contributed by atoms with Gasteiger partial charge in [0.2, 0.25) is 0 Å². The van der Waals surface area contributed by atoms with Gasteiger partial charge in [0.25, 0.3) is 0 Å². The summed E-state index contributed by atoms with van der Waals surface area (Å²) < 4.78 is 9.00. The monoisotopic (exact) mass is 792 g/mol. The number of furan rings is 1. The number of hydrogen-bond donors (Lipinski definition) is 0. The summed E-state index contributed by atoms with van der Waals surface area (Å²) in [5.41, 5.74) is 14.6. The van der Waals surface area contributed by atoms with Gasteiger partial charge in [-0.05, 0) is 94.0 Å². The smallest absolute Gasteiger partial charge is 0.164 e. The first-order chi connectivity index (χ1) is 30.7. The Morgan fingerprint density at radius 2 is 0.839 bits per heavy atom. The Morgan fingerprint density at radius 3 is 1.61 bits per heavy atom. The van der Waals surface area contributed by atoms with E-state index in [1.807, 2.05) is 42.5 Å². The van der Waals surface area contributed by atoms with E-state index in [9.17, 15) is 0 Å². The van der Waals surface area contributed by atoms with Gasteiger partial charge in [0.05, 0.1) is 11.0 Å². The molecule has 0 fully saturated rings. The molecule has 0 saturated heterocycles. The highest BCUT2D eigenvalue weighted by Crippen LogP contribution is 2.40. The van der Waals surface area contributed by atoms with Crippen molar-refractivity contribution in [2.45, 2.75) is 0 Å². The highest BCUT2D eigenvalue weighted by Gasteiger charge is 2.18. The molecule has 12 rings (SSSR count). The zero-order valence-electron chi connectivity index (χ0n) is 33.5. The second kappa shape index (κ2) is 14.7. The minimum absolute atomic E-state index is 0.582. The van der Waals surface area contributed by atoms with Crippen molar-refractivity contribution < 1.29 is 4.42 Å². The zero-order valence-corrected chi connectivity index (χ0v) is 33.5. The van der Waals surface area contributed by atoms with Crippen molar-refractivity contribution in [3.8, 4) is 73.2 Å². The summed E-state index contributed by atoms with van der Waals surface area (Å²) in [7, 11) is 0. The first-order valence-corrected chi connectivity index (χ1v) is 20.8. The first-order valence-electron chi connectivity index (χ1n) is 20.8. The van der Waals surface area contributed by atoms with Gasteiger partial charge in [-0.25, -0.2) is 15.0 Å². The molecule has 3 aromatic heterocycles. The van der Waals surface area contributed by atoms with Crippen molar-refractivity contribution in [1.29, 1.82) is 0 Å². The van der Waals surface area contributed by atoms with E-state index in [1.165, 1.54) is 27.4 Å². The summed E-state index contributed by atoms with van der Waals surface area (Å²) in [6.45, 7) is 0. The van der Waals surface area contributed by atoms with E-state index in [4.69, 9.17) is 19.4 Å². The molecule has 0 aliphatic carbocycles. The predicted octanol–water partition coefficient (Wildman–Crippen LogP) is 14.9. The highest BCUT2D eigenvalue weighted by molar-refractivity contribution is 6.13. The molecule has 5 heteroatoms. The standard InChI is InChI=1S/C57H36N4O/c1-4-15-37(16-5-1)39-19-13-22-43(34-39)56-58-55(38-17-6-2-7-18-38)59-57(60-56)44-29-31-48-53(36-44)62-52-28-14-26-46(54(48)52)42-21-12-20-40(33-42)41-30-32-51-49(35-41)47-25-10-11-27-50(47)61(51)45-23-8-3-9-24-45/h1-36H. The van der Waals surface area contributed by atoms with Gasteiger partial charge in [-0.3, -0.25) is 0 Å². The Labute approximate surface area is 357 Å². The predicted molar refractivity (Wildman–Crippen MR) is 254 cm³/mol. The van der Waals surface area contributed by atoms with Crippen LogP contribution in [0.1, 0.15) is 0 Å². The van der Waals surface area contributed by atoms with Crippen LogP contribution in [0.5, 0.6) is 0 Å². The number of benzene rings is 9. The summed E-state index contributed by atoms with van der Waals surface area (Å²) in [5.74, 6) is 1.81. The molecule has 0 aliphatic heterocycles. The van der Waals surface area contributed by atoms with Crippen LogP contribution in [0.25, 0.3) is 117 Å². The molecule has 12 aromatic rings. The topological polar surface area (TPSA) is 56.7 Å². The zero-order chi connectivity index (χ0) is 41.0. The van der Waals surface area contributed by atoms with Gasteiger partial charge in [0.15, 0.2) is 17.5 Å². The maximum absolute atomic E-state index is 6.64. The van der Waals surface area contributed by atoms with E-state index in [-0.39, 0.29) is 0 Å². The molecule has 0 bridgehead atoms. The number of nitrogens with zero attached hydrogens (tertiary/aromatic N) is 4. The molecular formula is C57H36N4O. The van der Waals surface area contributed by atoms with Crippen LogP contribution in [-0.4, -0.2) is 19.5 Å². The Morgan fingerprint density at radius 1 is 0.306 bits per heavy atom.